The van der Waals surface area contributed by atoms with Gasteiger partial charge in [0, 0.05) is 22.4 Å². The molecule has 2 atom stereocenters. The summed E-state index contributed by atoms with van der Waals surface area (Å²) in [6, 6.07) is -0.966. The predicted molar refractivity (Wildman–Crippen MR) is 113 cm³/mol. The first-order valence-corrected chi connectivity index (χ1v) is 11.5. The number of carbonyl (C=O) groups is 3. The number of aliphatic carboxylic acids is 1. The summed E-state index contributed by atoms with van der Waals surface area (Å²) in [6.45, 7) is 2.12. The molecule has 2 amide bonds. The van der Waals surface area contributed by atoms with E-state index in [2.05, 4.69) is 24.9 Å². The summed E-state index contributed by atoms with van der Waals surface area (Å²) < 4.78 is 7.23. The summed E-state index contributed by atoms with van der Waals surface area (Å²) in [7, 11) is 1.74. The van der Waals surface area contributed by atoms with Crippen LogP contribution in [0, 0.1) is 0 Å². The summed E-state index contributed by atoms with van der Waals surface area (Å²) in [5.41, 5.74) is 5.67. The van der Waals surface area contributed by atoms with E-state index in [1.165, 1.54) is 11.8 Å². The number of aryl methyl sites for hydroxylation is 1. The lowest BCUT2D eigenvalue weighted by atomic mass is 10.0. The topological polar surface area (TPSA) is 185 Å². The number of rotatable bonds is 8. The Hall–Kier alpha value is -3.53. The van der Waals surface area contributed by atoms with Gasteiger partial charge in [-0.1, -0.05) is 5.16 Å². The Labute approximate surface area is 195 Å². The van der Waals surface area contributed by atoms with Gasteiger partial charge in [0.05, 0.1) is 25.3 Å². The number of β-lactam (4-membered cyclic amide) rings is 1. The van der Waals surface area contributed by atoms with Crippen LogP contribution in [0.1, 0.15) is 12.7 Å². The number of nitrogens with two attached hydrogens (primary N) is 1. The first-order valence-electron chi connectivity index (χ1n) is 9.66. The first-order chi connectivity index (χ1) is 15.8. The Morgan fingerprint density at radius 2 is 2.27 bits per heavy atom. The van der Waals surface area contributed by atoms with Crippen LogP contribution < -0.4 is 20.7 Å². The Kier molecular flexibility index (Phi) is 6.28. The number of oxime groups is 1. The zero-order valence-corrected chi connectivity index (χ0v) is 19.1. The number of carboxylic acid groups (broad SMARTS) is 1. The van der Waals surface area contributed by atoms with Gasteiger partial charge in [-0.05, 0) is 12.5 Å². The summed E-state index contributed by atoms with van der Waals surface area (Å²) in [5, 5.41) is 21.8. The zero-order valence-electron chi connectivity index (χ0n) is 17.5. The number of thioether (sulfide) groups is 1. The molecule has 4 heterocycles. The maximum absolute atomic E-state index is 12.9. The van der Waals surface area contributed by atoms with Crippen LogP contribution in [0.4, 0.5) is 5.13 Å². The van der Waals surface area contributed by atoms with Crippen LogP contribution in [0.2, 0.25) is 0 Å². The van der Waals surface area contributed by atoms with Gasteiger partial charge in [0.1, 0.15) is 18.0 Å². The quantitative estimate of drug-likeness (QED) is 0.166. The molecule has 0 aromatic carbocycles. The van der Waals surface area contributed by atoms with E-state index in [0.29, 0.717) is 11.3 Å². The highest BCUT2D eigenvalue weighted by Gasteiger charge is 2.53. The van der Waals surface area contributed by atoms with Gasteiger partial charge in [-0.2, -0.15) is 9.36 Å². The van der Waals surface area contributed by atoms with Crippen molar-refractivity contribution in [3.63, 3.8) is 0 Å². The first kappa shape index (κ1) is 22.7. The normalized spacial score (nSPS) is 20.4. The fourth-order valence-electron chi connectivity index (χ4n) is 3.37. The van der Waals surface area contributed by atoms with Gasteiger partial charge in [0.2, 0.25) is 17.9 Å². The lowest BCUT2D eigenvalue weighted by Crippen LogP contribution is -2.71. The minimum absolute atomic E-state index is 0.0329. The third-order valence-electron chi connectivity index (χ3n) is 4.75. The average Bonchev–Trinajstić information content (AvgIpc) is 3.39. The van der Waals surface area contributed by atoms with Crippen LogP contribution in [0.15, 0.2) is 29.1 Å². The number of nitrogens with one attached hydrogen (secondary N) is 1. The third-order valence-corrected chi connectivity index (χ3v) is 6.63. The van der Waals surface area contributed by atoms with Crippen LogP contribution in [0.25, 0.3) is 0 Å². The van der Waals surface area contributed by atoms with Gasteiger partial charge in [-0.3, -0.25) is 14.5 Å². The molecule has 174 valence electrons. The minimum atomic E-state index is -1.46. The average molecular weight is 494 g/mol. The van der Waals surface area contributed by atoms with Crippen molar-refractivity contribution in [2.45, 2.75) is 24.9 Å². The molecule has 2 aliphatic heterocycles. The molecule has 0 aliphatic carbocycles. The van der Waals surface area contributed by atoms with Crippen molar-refractivity contribution in [2.24, 2.45) is 12.2 Å². The van der Waals surface area contributed by atoms with Crippen molar-refractivity contribution in [1.82, 2.24) is 29.4 Å². The SMILES string of the molecule is CCON=C(C(=O)NC1C(=O)N2C(C(=O)[O-])=C(C[n+]3cnn(C)c3)CS[C@H]12)c1nsc(N)n1. The van der Waals surface area contributed by atoms with Gasteiger partial charge >= 0.3 is 0 Å². The predicted octanol–water partition coefficient (Wildman–Crippen LogP) is -3.01. The highest BCUT2D eigenvalue weighted by Crippen LogP contribution is 2.40. The second-order valence-corrected chi connectivity index (χ2v) is 8.90. The monoisotopic (exact) mass is 493 g/mol. The molecular formula is C17H19N9O5S2. The molecule has 33 heavy (non-hydrogen) atoms. The number of hydrogen-bond acceptors (Lipinski definition) is 12. The lowest BCUT2D eigenvalue weighted by molar-refractivity contribution is -0.689. The van der Waals surface area contributed by atoms with Crippen LogP contribution in [0.5, 0.6) is 0 Å². The number of nitrogens with zero attached hydrogens (tertiary/aromatic N) is 7. The lowest BCUT2D eigenvalue weighted by Gasteiger charge is -2.50. The zero-order chi connectivity index (χ0) is 23.7. The molecular weight excluding hydrogens is 474 g/mol. The van der Waals surface area contributed by atoms with E-state index in [1.54, 1.807) is 35.9 Å². The molecule has 16 heteroatoms. The Balaban J connectivity index is 1.53. The van der Waals surface area contributed by atoms with Crippen LogP contribution >= 0.6 is 23.3 Å². The number of fused-ring (bicyclic) bond motifs is 1. The molecule has 1 unspecified atom stereocenters. The van der Waals surface area contributed by atoms with Crippen molar-refractivity contribution in [1.29, 1.82) is 0 Å². The van der Waals surface area contributed by atoms with Crippen LogP contribution in [0.3, 0.4) is 0 Å². The van der Waals surface area contributed by atoms with E-state index < -0.39 is 29.2 Å². The second kappa shape index (κ2) is 9.14. The van der Waals surface area contributed by atoms with E-state index >= 15 is 0 Å². The number of anilines is 1. The van der Waals surface area contributed by atoms with Crippen molar-refractivity contribution in [2.75, 3.05) is 18.1 Å². The highest BCUT2D eigenvalue weighted by molar-refractivity contribution is 8.00. The van der Waals surface area contributed by atoms with E-state index in [9.17, 15) is 19.5 Å². The number of carboxylic acids is 1. The summed E-state index contributed by atoms with van der Waals surface area (Å²) in [5.74, 6) is -2.48. The van der Waals surface area contributed by atoms with Crippen molar-refractivity contribution in [3.05, 3.63) is 29.7 Å². The minimum Gasteiger partial charge on any atom is -0.543 e. The summed E-state index contributed by atoms with van der Waals surface area (Å²) in [4.78, 5) is 47.6. The van der Waals surface area contributed by atoms with Gasteiger partial charge < -0.3 is 25.8 Å². The second-order valence-electron chi connectivity index (χ2n) is 7.01. The van der Waals surface area contributed by atoms with Gasteiger partial charge in [-0.15, -0.1) is 16.4 Å². The van der Waals surface area contributed by atoms with Crippen molar-refractivity contribution in [3.8, 4) is 0 Å². The van der Waals surface area contributed by atoms with Crippen LogP contribution in [-0.4, -0.2) is 71.3 Å². The molecule has 3 N–H and O–H groups in total. The van der Waals surface area contributed by atoms with Crippen LogP contribution in [-0.2, 0) is 32.8 Å². The summed E-state index contributed by atoms with van der Waals surface area (Å²) >= 11 is 2.21. The number of nitrogen functional groups attached to an aromatic ring is 1. The number of aromatic nitrogens is 5. The van der Waals surface area contributed by atoms with Crippen molar-refractivity contribution >= 4 is 51.9 Å². The molecule has 0 bridgehead atoms. The molecule has 14 nitrogen and oxygen atoms in total. The van der Waals surface area contributed by atoms with Gasteiger partial charge in [-0.25, -0.2) is 4.57 Å². The summed E-state index contributed by atoms with van der Waals surface area (Å²) in [6.07, 6.45) is 3.24. The fraction of sp³-hybridized carbons (Fsp3) is 0.412. The Bertz CT molecular complexity index is 1170. The number of carbonyl (C=O) groups excluding carboxylic acids is 3. The van der Waals surface area contributed by atoms with E-state index in [4.69, 9.17) is 10.6 Å². The molecule has 1 fully saturated rings. The van der Waals surface area contributed by atoms with Crippen molar-refractivity contribution < 1.29 is 28.9 Å². The van der Waals surface area contributed by atoms with E-state index in [0.717, 1.165) is 16.4 Å². The Morgan fingerprint density at radius 3 is 2.88 bits per heavy atom. The number of hydrogen-bond donors (Lipinski definition) is 2. The molecule has 4 rings (SSSR count). The molecule has 2 aromatic rings. The molecule has 0 spiro atoms. The molecule has 0 saturated carbocycles. The molecule has 0 radical (unpaired) electrons. The largest absolute Gasteiger partial charge is 0.543 e. The third kappa shape index (κ3) is 4.38. The smallest absolute Gasteiger partial charge is 0.278 e. The maximum Gasteiger partial charge on any atom is 0.278 e. The molecule has 1 saturated heterocycles. The number of amides is 2. The van der Waals surface area contributed by atoms with Gasteiger partial charge in [0.25, 0.3) is 18.1 Å². The fourth-order valence-corrected chi connectivity index (χ4v) is 5.14. The molecule has 2 aliphatic rings. The van der Waals surface area contributed by atoms with Gasteiger partial charge in [0.15, 0.2) is 5.13 Å². The Morgan fingerprint density at radius 1 is 1.48 bits per heavy atom. The highest BCUT2D eigenvalue weighted by atomic mass is 32.2. The van der Waals surface area contributed by atoms with E-state index in [1.807, 2.05) is 0 Å². The maximum atomic E-state index is 12.9. The molecule has 2 aromatic heterocycles. The van der Waals surface area contributed by atoms with E-state index in [-0.39, 0.29) is 35.5 Å². The standard InChI is InChI=1S/C17H19N9O5S2/c1-3-31-22-9(12-21-17(18)33-23-12)13(27)20-10-14(28)26-11(16(29)30)8(5-32-15(10)26)4-25-6-19-24(2)7-25/h6-7,10,15H,3-5H2,1-2H3,(H3-,18,20,21,23,27,29,30)/t10?,15-/m1/s1.